The summed E-state index contributed by atoms with van der Waals surface area (Å²) in [6.45, 7) is 4.35. The maximum absolute atomic E-state index is 10.3. The molecule has 1 aromatic rings. The largest absolute Gasteiger partial charge is 1.00 e. The molecule has 0 unspecified atom stereocenters. The summed E-state index contributed by atoms with van der Waals surface area (Å²) in [4.78, 5) is 16.4. The van der Waals surface area contributed by atoms with Crippen LogP contribution in [0.15, 0.2) is 18.0 Å². The molecule has 135 valence electrons. The van der Waals surface area contributed by atoms with Crippen molar-refractivity contribution in [1.82, 2.24) is 9.97 Å². The van der Waals surface area contributed by atoms with Crippen molar-refractivity contribution in [3.8, 4) is 6.07 Å². The number of nitrogens with two attached hydrogens (primary N) is 1. The van der Waals surface area contributed by atoms with Gasteiger partial charge in [0.15, 0.2) is 17.3 Å². The number of nitrogens with one attached hydrogen (secondary N) is 1. The molecule has 8 nitrogen and oxygen atoms in total. The number of carbonyl (C=O) groups excluding carboxylic acids is 1. The molecule has 28 heavy (non-hydrogen) atoms. The van der Waals surface area contributed by atoms with Gasteiger partial charge < -0.3 is 25.3 Å². The van der Waals surface area contributed by atoms with E-state index < -0.39 is 12.7 Å². The molecule has 0 saturated carbocycles. The van der Waals surface area contributed by atoms with Crippen LogP contribution in [-0.2, 0) is 9.47 Å². The molecular weight excluding hydrogens is 401 g/mol. The van der Waals surface area contributed by atoms with Gasteiger partial charge in [-0.1, -0.05) is 0 Å². The Labute approximate surface area is 218 Å². The summed E-state index contributed by atoms with van der Waals surface area (Å²) in [5.74, 6) is 0.259. The van der Waals surface area contributed by atoms with Gasteiger partial charge in [0.25, 0.3) is 0 Å². The molecule has 0 aromatic carbocycles. The molecule has 1 heterocycles. The first kappa shape index (κ1) is 32.3. The van der Waals surface area contributed by atoms with Gasteiger partial charge in [-0.05, 0) is 26.1 Å². The van der Waals surface area contributed by atoms with Crippen LogP contribution in [0.3, 0.4) is 0 Å². The summed E-state index contributed by atoms with van der Waals surface area (Å²) >= 11 is 4.64. The second kappa shape index (κ2) is 21.4. The number of rotatable bonds is 7. The molecular formula is C13H17B5KN4O4S. The minimum Gasteiger partial charge on any atom is -0.877 e. The predicted octanol–water partition coefficient (Wildman–Crippen LogP) is -4.21. The van der Waals surface area contributed by atoms with E-state index in [0.717, 1.165) is 0 Å². The molecule has 7 radical (unpaired) electrons. The number of H-pyrrole nitrogens is 1. The number of nitrogen functional groups attached to an aromatic ring is 1. The molecule has 0 saturated heterocycles. The third-order valence-corrected chi connectivity index (χ3v) is 2.58. The fourth-order valence-corrected chi connectivity index (χ4v) is 1.34. The molecule has 0 bridgehead atoms. The summed E-state index contributed by atoms with van der Waals surface area (Å²) in [7, 11) is 15.8. The van der Waals surface area contributed by atoms with Gasteiger partial charge in [0.05, 0.1) is 17.2 Å². The van der Waals surface area contributed by atoms with Crippen molar-refractivity contribution in [2.75, 3.05) is 18.9 Å². The van der Waals surface area contributed by atoms with Gasteiger partial charge in [-0.2, -0.15) is 5.26 Å². The van der Waals surface area contributed by atoms with E-state index in [1.807, 2.05) is 0 Å². The zero-order valence-corrected chi connectivity index (χ0v) is 20.1. The average molecular weight is 419 g/mol. The number of aldehydes is 1. The number of nitrogens with zero attached hydrogens (tertiary/aromatic N) is 2. The Morgan fingerprint density at radius 3 is 2.32 bits per heavy atom. The number of aromatic amines is 1. The van der Waals surface area contributed by atoms with Crippen LogP contribution in [0.5, 0.6) is 0 Å². The van der Waals surface area contributed by atoms with E-state index in [9.17, 15) is 9.90 Å². The van der Waals surface area contributed by atoms with Crippen molar-refractivity contribution in [3.05, 3.63) is 28.4 Å². The normalized spacial score (nSPS) is 9.43. The summed E-state index contributed by atoms with van der Waals surface area (Å²) in [5.41, 5.74) is 5.64. The maximum atomic E-state index is 10.3. The molecule has 0 aliphatic carbocycles. The van der Waals surface area contributed by atoms with Crippen molar-refractivity contribution in [3.63, 3.8) is 0 Å². The van der Waals surface area contributed by atoms with Crippen LogP contribution in [0.25, 0.3) is 0 Å². The van der Waals surface area contributed by atoms with Crippen molar-refractivity contribution < 1.29 is 70.8 Å². The molecule has 0 amide bonds. The first-order valence-corrected chi connectivity index (χ1v) is 8.03. The fraction of sp³-hybridized carbons (Fsp3) is 0.385. The molecule has 0 spiro atoms. The Hall–Kier alpha value is -0.319. The van der Waals surface area contributed by atoms with Crippen LogP contribution < -0.4 is 62.2 Å². The zero-order valence-electron chi connectivity index (χ0n) is 16.1. The van der Waals surface area contributed by atoms with Gasteiger partial charge in [-0.15, -0.1) is 6.26 Å². The van der Waals surface area contributed by atoms with Crippen LogP contribution in [0.4, 0.5) is 5.82 Å². The van der Waals surface area contributed by atoms with Gasteiger partial charge in [0, 0.05) is 56.1 Å². The molecule has 15 heteroatoms. The van der Waals surface area contributed by atoms with Gasteiger partial charge >= 0.3 is 51.4 Å². The van der Waals surface area contributed by atoms with Gasteiger partial charge in [0.1, 0.15) is 5.82 Å². The van der Waals surface area contributed by atoms with Crippen molar-refractivity contribution in [2.45, 2.75) is 20.1 Å². The number of nitriles is 1. The fourth-order valence-electron chi connectivity index (χ4n) is 1.18. The molecule has 1 aromatic heterocycles. The Morgan fingerprint density at radius 1 is 1.54 bits per heavy atom. The molecule has 0 aliphatic heterocycles. The van der Waals surface area contributed by atoms with E-state index in [1.54, 1.807) is 19.9 Å². The van der Waals surface area contributed by atoms with E-state index in [4.69, 9.17) is 43.7 Å². The van der Waals surface area contributed by atoms with Crippen LogP contribution >= 0.6 is 12.2 Å². The monoisotopic (exact) mass is 419 g/mol. The molecule has 3 N–H and O–H groups in total. The van der Waals surface area contributed by atoms with Gasteiger partial charge in [-0.25, -0.2) is 4.98 Å². The summed E-state index contributed by atoms with van der Waals surface area (Å²) in [6, 6.07) is 1.72. The number of carbonyl (C=O) groups is 1. The predicted molar refractivity (Wildman–Crippen MR) is 109 cm³/mol. The minimum absolute atomic E-state index is 0. The van der Waals surface area contributed by atoms with Crippen LogP contribution in [-0.4, -0.2) is 72.4 Å². The van der Waals surface area contributed by atoms with Crippen LogP contribution in [0, 0.1) is 16.1 Å². The first-order valence-electron chi connectivity index (χ1n) is 7.62. The van der Waals surface area contributed by atoms with Crippen LogP contribution in [0.2, 0.25) is 0 Å². The van der Waals surface area contributed by atoms with Gasteiger partial charge in [-0.3, -0.25) is 4.79 Å². The second-order valence-electron chi connectivity index (χ2n) is 4.37. The third-order valence-electron chi connectivity index (χ3n) is 2.37. The minimum atomic E-state index is -0.803. The summed E-state index contributed by atoms with van der Waals surface area (Å²) in [6.07, 6.45) is 1.14. The maximum Gasteiger partial charge on any atom is 1.00 e. The molecule has 0 aliphatic rings. The molecule has 0 atom stereocenters. The van der Waals surface area contributed by atoms with E-state index in [-0.39, 0.29) is 67.5 Å². The van der Waals surface area contributed by atoms with Crippen molar-refractivity contribution >= 4 is 61.0 Å². The SMILES string of the molecule is CCOC(OCC)/C(C#N)=C\[O-].Nc1[nH]c(=S)ncc1C=O.[B][B]B([B])[B].[K+]. The van der Waals surface area contributed by atoms with Crippen molar-refractivity contribution in [1.29, 1.82) is 5.26 Å². The summed E-state index contributed by atoms with van der Waals surface area (Å²) in [5, 5.41) is 18.8. The Balaban J connectivity index is -0.000000354. The quantitative estimate of drug-likeness (QED) is 0.114. The summed E-state index contributed by atoms with van der Waals surface area (Å²) < 4.78 is 10.3. The van der Waals surface area contributed by atoms with Crippen LogP contribution in [0.1, 0.15) is 24.2 Å². The topological polar surface area (TPSA) is 137 Å². The number of ether oxygens (including phenoxy) is 2. The van der Waals surface area contributed by atoms with Crippen molar-refractivity contribution in [2.24, 2.45) is 0 Å². The number of anilines is 1. The average Bonchev–Trinajstić information content (AvgIpc) is 2.64. The van der Waals surface area contributed by atoms with E-state index in [2.05, 4.69) is 22.2 Å². The third kappa shape index (κ3) is 16.6. The number of hydrogen-bond donors (Lipinski definition) is 2. The smallest absolute Gasteiger partial charge is 0.877 e. The molecule has 0 fully saturated rings. The zero-order chi connectivity index (χ0) is 21.2. The van der Waals surface area contributed by atoms with E-state index in [0.29, 0.717) is 31.3 Å². The van der Waals surface area contributed by atoms with E-state index >= 15 is 0 Å². The first-order chi connectivity index (χ1) is 12.8. The number of aromatic nitrogens is 2. The number of hydrogen-bond acceptors (Lipinski definition) is 8. The standard InChI is InChI=1S/C8H13NO3.C5H5N3OS.B5.K/c1-3-11-8(12-4-2)7(5-9)6-10;6-4-3(2-9)1-7-5(10)8-4;1-4-5(2)3;/h6,8,10H,3-4H2,1-2H3;1-2H,(H3,6,7,8,10);;/q;;;+1/p-1/b7-6-;;;. The Kier molecular flexibility index (Phi) is 24.7. The van der Waals surface area contributed by atoms with Gasteiger partial charge in [0.2, 0.25) is 0 Å². The Morgan fingerprint density at radius 2 is 2.04 bits per heavy atom. The Bertz CT molecular complexity index is 669. The van der Waals surface area contributed by atoms with E-state index in [1.165, 1.54) is 13.3 Å². The molecule has 1 rings (SSSR count). The second-order valence-corrected chi connectivity index (χ2v) is 4.76.